The van der Waals surface area contributed by atoms with Crippen LogP contribution in [0.5, 0.6) is 0 Å². The van der Waals surface area contributed by atoms with Crippen molar-refractivity contribution in [1.29, 1.82) is 0 Å². The molecule has 0 aromatic heterocycles. The predicted octanol–water partition coefficient (Wildman–Crippen LogP) is 4.48. The summed E-state index contributed by atoms with van der Waals surface area (Å²) in [4.78, 5) is 3.72. The van der Waals surface area contributed by atoms with Gasteiger partial charge >= 0.3 is 0 Å². The summed E-state index contributed by atoms with van der Waals surface area (Å²) in [6, 6.07) is 8.45. The van der Waals surface area contributed by atoms with Gasteiger partial charge in [0.1, 0.15) is 0 Å². The minimum atomic E-state index is -0.645. The molecule has 1 aromatic carbocycles. The monoisotopic (exact) mass is 320 g/mol. The van der Waals surface area contributed by atoms with Gasteiger partial charge in [-0.05, 0) is 42.6 Å². The molecule has 0 unspecified atom stereocenters. The van der Waals surface area contributed by atoms with Gasteiger partial charge in [-0.1, -0.05) is 45.4 Å². The first-order valence-electron chi connectivity index (χ1n) is 8.51. The fourth-order valence-electron chi connectivity index (χ4n) is 3.10. The lowest BCUT2D eigenvalue weighted by Crippen LogP contribution is -2.43. The summed E-state index contributed by atoms with van der Waals surface area (Å²) >= 11 is 1.90. The van der Waals surface area contributed by atoms with Crippen LogP contribution in [0.1, 0.15) is 52.0 Å². The molecule has 1 fully saturated rings. The van der Waals surface area contributed by atoms with Crippen LogP contribution in [-0.4, -0.2) is 35.4 Å². The fraction of sp³-hybridized carbons (Fsp3) is 0.632. The van der Waals surface area contributed by atoms with Crippen molar-refractivity contribution in [2.75, 3.05) is 25.4 Å². The van der Waals surface area contributed by atoms with Crippen molar-refractivity contribution >= 4 is 11.8 Å². The maximum atomic E-state index is 11.2. The number of unbranched alkanes of at least 4 members (excludes halogenated alkanes) is 1. The highest BCUT2D eigenvalue weighted by atomic mass is 32.2. The summed E-state index contributed by atoms with van der Waals surface area (Å²) < 4.78 is 0. The third-order valence-electron chi connectivity index (χ3n) is 4.37. The number of nitrogens with zero attached hydrogens (tertiary/aromatic N) is 1. The molecule has 1 aliphatic rings. The molecule has 1 heterocycles. The van der Waals surface area contributed by atoms with E-state index in [1.165, 1.54) is 23.7 Å². The average molecular weight is 321 g/mol. The van der Waals surface area contributed by atoms with E-state index in [1.54, 1.807) is 0 Å². The molecule has 2 rings (SSSR count). The molecule has 1 saturated heterocycles. The summed E-state index contributed by atoms with van der Waals surface area (Å²) in [7, 11) is 0. The molecule has 0 aliphatic carbocycles. The van der Waals surface area contributed by atoms with E-state index in [-0.39, 0.29) is 0 Å². The van der Waals surface area contributed by atoms with Gasteiger partial charge in [0, 0.05) is 24.5 Å². The molecule has 0 amide bonds. The highest BCUT2D eigenvalue weighted by molar-refractivity contribution is 7.99. The Bertz CT molecular complexity index is 453. The van der Waals surface area contributed by atoms with Gasteiger partial charge in [-0.2, -0.15) is 0 Å². The Morgan fingerprint density at radius 3 is 2.55 bits per heavy atom. The van der Waals surface area contributed by atoms with E-state index >= 15 is 0 Å². The molecule has 22 heavy (non-hydrogen) atoms. The summed E-state index contributed by atoms with van der Waals surface area (Å²) in [5.41, 5.74) is 0.501. The molecule has 3 heteroatoms. The van der Waals surface area contributed by atoms with Crippen LogP contribution in [-0.2, 0) is 5.60 Å². The van der Waals surface area contributed by atoms with Gasteiger partial charge in [0.25, 0.3) is 0 Å². The second-order valence-electron chi connectivity index (χ2n) is 6.71. The van der Waals surface area contributed by atoms with Crippen molar-refractivity contribution in [2.24, 2.45) is 0 Å². The summed E-state index contributed by atoms with van der Waals surface area (Å²) in [5.74, 6) is 2.58. The topological polar surface area (TPSA) is 23.5 Å². The van der Waals surface area contributed by atoms with Gasteiger partial charge in [-0.15, -0.1) is 11.8 Å². The highest BCUT2D eigenvalue weighted by Crippen LogP contribution is 2.38. The van der Waals surface area contributed by atoms with E-state index < -0.39 is 5.60 Å². The van der Waals surface area contributed by atoms with Gasteiger partial charge in [-0.25, -0.2) is 0 Å². The first kappa shape index (κ1) is 17.8. The molecule has 1 N–H and O–H groups in total. The SMILES string of the molecule is CCCCSc1ccccc1C1(O)CCN(C[C](C)C)CC1. The van der Waals surface area contributed by atoms with E-state index in [0.29, 0.717) is 0 Å². The first-order chi connectivity index (χ1) is 10.5. The number of likely N-dealkylation sites (tertiary alicyclic amines) is 1. The van der Waals surface area contributed by atoms with Gasteiger partial charge in [0.05, 0.1) is 5.60 Å². The second-order valence-corrected chi connectivity index (χ2v) is 7.85. The van der Waals surface area contributed by atoms with Gasteiger partial charge in [0.15, 0.2) is 0 Å². The van der Waals surface area contributed by atoms with Crippen LogP contribution in [0.2, 0.25) is 0 Å². The minimum Gasteiger partial charge on any atom is -0.385 e. The zero-order valence-electron chi connectivity index (χ0n) is 14.3. The minimum absolute atomic E-state index is 0.645. The number of hydrogen-bond donors (Lipinski definition) is 1. The quantitative estimate of drug-likeness (QED) is 0.592. The summed E-state index contributed by atoms with van der Waals surface area (Å²) in [5, 5.41) is 11.2. The number of hydrogen-bond acceptors (Lipinski definition) is 3. The fourth-order valence-corrected chi connectivity index (χ4v) is 4.34. The zero-order chi connectivity index (χ0) is 16.0. The van der Waals surface area contributed by atoms with Crippen LogP contribution < -0.4 is 0 Å². The number of aliphatic hydroxyl groups is 1. The second kappa shape index (κ2) is 8.37. The van der Waals surface area contributed by atoms with Crippen molar-refractivity contribution in [3.63, 3.8) is 0 Å². The van der Waals surface area contributed by atoms with E-state index in [9.17, 15) is 5.11 Å². The molecule has 0 spiro atoms. The summed E-state index contributed by atoms with van der Waals surface area (Å²) in [6.07, 6.45) is 4.13. The third-order valence-corrected chi connectivity index (χ3v) is 5.53. The Morgan fingerprint density at radius 2 is 1.91 bits per heavy atom. The molecule has 1 aliphatic heterocycles. The summed E-state index contributed by atoms with van der Waals surface area (Å²) in [6.45, 7) is 9.61. The smallest absolute Gasteiger partial charge is 0.0931 e. The highest BCUT2D eigenvalue weighted by Gasteiger charge is 2.35. The maximum absolute atomic E-state index is 11.2. The van der Waals surface area contributed by atoms with Gasteiger partial charge in [0.2, 0.25) is 0 Å². The number of rotatable bonds is 7. The van der Waals surface area contributed by atoms with E-state index in [2.05, 4.69) is 49.9 Å². The third kappa shape index (κ3) is 4.74. The molecule has 1 radical (unpaired) electrons. The Labute approximate surface area is 140 Å². The van der Waals surface area contributed by atoms with Crippen molar-refractivity contribution in [1.82, 2.24) is 4.90 Å². The lowest BCUT2D eigenvalue weighted by atomic mass is 9.84. The van der Waals surface area contributed by atoms with E-state index in [4.69, 9.17) is 0 Å². The van der Waals surface area contributed by atoms with E-state index in [0.717, 1.165) is 43.8 Å². The Kier molecular flexibility index (Phi) is 6.79. The first-order valence-corrected chi connectivity index (χ1v) is 9.50. The zero-order valence-corrected chi connectivity index (χ0v) is 15.1. The van der Waals surface area contributed by atoms with Gasteiger partial charge < -0.3 is 10.0 Å². The molecule has 0 bridgehead atoms. The molecule has 123 valence electrons. The number of piperidine rings is 1. The average Bonchev–Trinajstić information content (AvgIpc) is 2.50. The lowest BCUT2D eigenvalue weighted by molar-refractivity contribution is -0.0269. The van der Waals surface area contributed by atoms with Crippen molar-refractivity contribution in [3.05, 3.63) is 35.7 Å². The van der Waals surface area contributed by atoms with Crippen LogP contribution in [0.25, 0.3) is 0 Å². The van der Waals surface area contributed by atoms with Crippen LogP contribution >= 0.6 is 11.8 Å². The number of benzene rings is 1. The Balaban J connectivity index is 2.04. The van der Waals surface area contributed by atoms with Gasteiger partial charge in [-0.3, -0.25) is 0 Å². The number of thioether (sulfide) groups is 1. The normalized spacial score (nSPS) is 18.8. The Morgan fingerprint density at radius 1 is 1.23 bits per heavy atom. The Hall–Kier alpha value is -0.510. The maximum Gasteiger partial charge on any atom is 0.0931 e. The molecule has 0 atom stereocenters. The predicted molar refractivity (Wildman–Crippen MR) is 96.2 cm³/mol. The van der Waals surface area contributed by atoms with Crippen LogP contribution in [0.3, 0.4) is 0 Å². The largest absolute Gasteiger partial charge is 0.385 e. The van der Waals surface area contributed by atoms with E-state index in [1.807, 2.05) is 11.8 Å². The van der Waals surface area contributed by atoms with Crippen LogP contribution in [0.4, 0.5) is 0 Å². The molecular formula is C19H30NOS. The van der Waals surface area contributed by atoms with Crippen molar-refractivity contribution < 1.29 is 5.11 Å². The van der Waals surface area contributed by atoms with Crippen LogP contribution in [0.15, 0.2) is 29.2 Å². The van der Waals surface area contributed by atoms with Crippen molar-refractivity contribution in [2.45, 2.75) is 57.0 Å². The lowest BCUT2D eigenvalue weighted by Gasteiger charge is -2.39. The standard InChI is InChI=1S/C19H30NOS/c1-4-5-14-22-18-9-7-6-8-17(18)19(21)10-12-20(13-11-19)15-16(2)3/h6-9,21H,4-5,10-15H2,1-3H3. The van der Waals surface area contributed by atoms with Crippen LogP contribution in [0, 0.1) is 5.92 Å². The molecule has 2 nitrogen and oxygen atoms in total. The molecular weight excluding hydrogens is 290 g/mol. The van der Waals surface area contributed by atoms with Crippen molar-refractivity contribution in [3.8, 4) is 0 Å². The molecule has 0 saturated carbocycles. The molecule has 1 aromatic rings.